The zero-order valence-electron chi connectivity index (χ0n) is 4.06. The summed E-state index contributed by atoms with van der Waals surface area (Å²) in [5.41, 5.74) is 1.81. The van der Waals surface area contributed by atoms with Gasteiger partial charge in [0.05, 0.1) is 0 Å². The monoisotopic (exact) mass is 113 g/mol. The van der Waals surface area contributed by atoms with Crippen molar-refractivity contribution in [2.45, 2.75) is 0 Å². The van der Waals surface area contributed by atoms with Crippen molar-refractivity contribution in [3.05, 3.63) is 0 Å². The molecule has 0 rings (SSSR count). The molecule has 2 N–H and O–H groups in total. The summed E-state index contributed by atoms with van der Waals surface area (Å²) in [6.07, 6.45) is 0. The number of hydrogen-bond acceptors (Lipinski definition) is 2. The molecule has 0 aromatic carbocycles. The Morgan fingerprint density at radius 1 is 1.86 bits per heavy atom. The van der Waals surface area contributed by atoms with Gasteiger partial charge in [-0.25, -0.2) is 0 Å². The molecular weight excluding hydrogens is 107 g/mol. The van der Waals surface area contributed by atoms with Gasteiger partial charge in [-0.3, -0.25) is 0 Å². The van der Waals surface area contributed by atoms with Crippen LogP contribution in [0.2, 0.25) is 0 Å². The Kier molecular flexibility index (Phi) is 3.60. The Balaban J connectivity index is 3.17. The molecule has 0 amide bonds. The predicted octanol–water partition coefficient (Wildman–Crippen LogP) is -0.992. The number of hydrogen-bond donors (Lipinski definition) is 2. The topological polar surface area (TPSA) is 24.1 Å². The third-order valence-electron chi connectivity index (χ3n) is 0.484. The van der Waals surface area contributed by atoms with E-state index in [0.717, 1.165) is 0 Å². The van der Waals surface area contributed by atoms with E-state index in [-0.39, 0.29) is 0 Å². The SMILES string of the molecule is [B]=C(NC)NC=S. The zero-order valence-corrected chi connectivity index (χ0v) is 4.88. The first-order chi connectivity index (χ1) is 3.31. The third-order valence-corrected chi connectivity index (χ3v) is 0.602. The molecule has 0 heterocycles. The van der Waals surface area contributed by atoms with E-state index in [4.69, 9.17) is 7.49 Å². The Bertz CT molecular complexity index is 83.0. The molecular formula is C3H6BN2S. The van der Waals surface area contributed by atoms with E-state index in [1.54, 1.807) is 7.05 Å². The van der Waals surface area contributed by atoms with Crippen LogP contribution in [0, 0.1) is 0 Å². The molecule has 0 saturated heterocycles. The van der Waals surface area contributed by atoms with Gasteiger partial charge in [0.15, 0.2) is 0 Å². The van der Waals surface area contributed by atoms with Crippen molar-refractivity contribution < 1.29 is 0 Å². The molecule has 0 saturated carbocycles. The van der Waals surface area contributed by atoms with Gasteiger partial charge in [0.2, 0.25) is 0 Å². The molecule has 2 nitrogen and oxygen atoms in total. The molecule has 37 valence electrons. The first kappa shape index (κ1) is 6.62. The summed E-state index contributed by atoms with van der Waals surface area (Å²) >= 11 is 4.42. The van der Waals surface area contributed by atoms with Gasteiger partial charge in [0, 0.05) is 0 Å². The first-order valence-electron chi connectivity index (χ1n) is 1.81. The molecule has 7 heavy (non-hydrogen) atoms. The maximum absolute atomic E-state index is 5.18. The summed E-state index contributed by atoms with van der Waals surface area (Å²) in [4.78, 5) is 0. The molecule has 0 unspecified atom stereocenters. The second-order valence-electron chi connectivity index (χ2n) is 0.926. The Morgan fingerprint density at radius 3 is 2.57 bits per heavy atom. The van der Waals surface area contributed by atoms with E-state index >= 15 is 0 Å². The second kappa shape index (κ2) is 3.80. The fraction of sp³-hybridized carbons (Fsp3) is 0.333. The van der Waals surface area contributed by atoms with E-state index in [9.17, 15) is 0 Å². The summed E-state index contributed by atoms with van der Waals surface area (Å²) < 4.78 is 0. The van der Waals surface area contributed by atoms with Crippen LogP contribution in [0.15, 0.2) is 0 Å². The van der Waals surface area contributed by atoms with E-state index in [2.05, 4.69) is 22.9 Å². The molecule has 0 atom stereocenters. The predicted molar refractivity (Wildman–Crippen MR) is 36.6 cm³/mol. The average Bonchev–Trinajstić information content (AvgIpc) is 1.68. The maximum atomic E-state index is 5.18. The second-order valence-corrected chi connectivity index (χ2v) is 1.16. The van der Waals surface area contributed by atoms with E-state index in [1.165, 1.54) is 5.49 Å². The van der Waals surface area contributed by atoms with Crippen LogP contribution in [0.1, 0.15) is 0 Å². The van der Waals surface area contributed by atoms with Crippen LogP contribution in [-0.4, -0.2) is 25.7 Å². The van der Waals surface area contributed by atoms with Gasteiger partial charge >= 0.3 is 48.6 Å². The Labute approximate surface area is 49.4 Å². The van der Waals surface area contributed by atoms with Crippen molar-refractivity contribution in [3.63, 3.8) is 0 Å². The summed E-state index contributed by atoms with van der Waals surface area (Å²) in [6, 6.07) is 0. The third kappa shape index (κ3) is 3.46. The summed E-state index contributed by atoms with van der Waals surface area (Å²) in [5.74, 6) is 0. The van der Waals surface area contributed by atoms with Crippen LogP contribution in [-0.2, 0) is 0 Å². The number of rotatable bonds is 3. The first-order valence-corrected chi connectivity index (χ1v) is 2.28. The molecule has 0 aromatic heterocycles. The van der Waals surface area contributed by atoms with Crippen molar-refractivity contribution in [3.8, 4) is 0 Å². The molecule has 0 aliphatic rings. The van der Waals surface area contributed by atoms with Gasteiger partial charge in [-0.05, 0) is 0 Å². The molecule has 0 spiro atoms. The van der Waals surface area contributed by atoms with Gasteiger partial charge < -0.3 is 0 Å². The summed E-state index contributed by atoms with van der Waals surface area (Å²) in [6.45, 7) is 0. The van der Waals surface area contributed by atoms with Crippen LogP contribution >= 0.6 is 12.2 Å². The summed E-state index contributed by atoms with van der Waals surface area (Å²) in [5, 5.41) is 5.22. The molecule has 4 heteroatoms. The van der Waals surface area contributed by atoms with E-state index in [1.807, 2.05) is 0 Å². The number of thiocarbonyl (C=S) groups is 1. The summed E-state index contributed by atoms with van der Waals surface area (Å²) in [7, 11) is 6.89. The fourth-order valence-electron chi connectivity index (χ4n) is 0.136. The van der Waals surface area contributed by atoms with Crippen molar-refractivity contribution in [2.24, 2.45) is 0 Å². The van der Waals surface area contributed by atoms with Gasteiger partial charge in [-0.2, -0.15) is 0 Å². The van der Waals surface area contributed by atoms with Crippen molar-refractivity contribution in [1.29, 1.82) is 0 Å². The fourth-order valence-corrected chi connectivity index (χ4v) is 0.263. The molecule has 0 fully saturated rings. The van der Waals surface area contributed by atoms with Crippen molar-refractivity contribution in [2.75, 3.05) is 7.05 Å². The van der Waals surface area contributed by atoms with Gasteiger partial charge in [-0.15, -0.1) is 0 Å². The quantitative estimate of drug-likeness (QED) is 0.363. The van der Waals surface area contributed by atoms with E-state index in [0.29, 0.717) is 5.71 Å². The molecule has 0 bridgehead atoms. The molecule has 1 radical (unpaired) electrons. The van der Waals surface area contributed by atoms with Gasteiger partial charge in [0.25, 0.3) is 0 Å². The van der Waals surface area contributed by atoms with Crippen LogP contribution in [0.4, 0.5) is 0 Å². The molecule has 0 aliphatic carbocycles. The standard InChI is InChI=1S/C3H6BN2S/c1-5-3(4)6-2-7/h2,5H,1H3,(H,6,7). The van der Waals surface area contributed by atoms with Gasteiger partial charge in [-0.1, -0.05) is 0 Å². The Morgan fingerprint density at radius 2 is 2.43 bits per heavy atom. The minimum atomic E-state index is 0.468. The molecule has 0 aliphatic heterocycles. The normalized spacial score (nSPS) is 6.86. The van der Waals surface area contributed by atoms with Crippen LogP contribution in [0.5, 0.6) is 0 Å². The minimum absolute atomic E-state index is 0.468. The molecule has 0 aromatic rings. The van der Waals surface area contributed by atoms with E-state index < -0.39 is 0 Å². The van der Waals surface area contributed by atoms with Crippen LogP contribution < -0.4 is 10.6 Å². The Hall–Kier alpha value is -0.375. The van der Waals surface area contributed by atoms with Crippen LogP contribution in [0.25, 0.3) is 0 Å². The van der Waals surface area contributed by atoms with Crippen molar-refractivity contribution in [1.82, 2.24) is 10.6 Å². The van der Waals surface area contributed by atoms with Crippen molar-refractivity contribution >= 4 is 30.9 Å². The van der Waals surface area contributed by atoms with Gasteiger partial charge in [0.1, 0.15) is 0 Å². The zero-order chi connectivity index (χ0) is 5.70. The number of nitrogens with one attached hydrogen (secondary N) is 2. The van der Waals surface area contributed by atoms with Crippen LogP contribution in [0.3, 0.4) is 0 Å². The average molecular weight is 113 g/mol.